The normalized spacial score (nSPS) is 13.4. The van der Waals surface area contributed by atoms with Gasteiger partial charge in [0, 0.05) is 38.0 Å². The third kappa shape index (κ3) is 8.57. The number of hydrogen-bond acceptors (Lipinski definition) is 5. The van der Waals surface area contributed by atoms with E-state index >= 15 is 0 Å². The lowest BCUT2D eigenvalue weighted by atomic mass is 10.2. The molecule has 1 atom stereocenters. The van der Waals surface area contributed by atoms with Crippen LogP contribution in [0.2, 0.25) is 0 Å². The summed E-state index contributed by atoms with van der Waals surface area (Å²) in [7, 11) is -1.31. The van der Waals surface area contributed by atoms with Crippen molar-refractivity contribution in [2.45, 2.75) is 32.7 Å². The van der Waals surface area contributed by atoms with E-state index in [1.807, 2.05) is 13.8 Å². The summed E-state index contributed by atoms with van der Waals surface area (Å²) in [4.78, 5) is 16.0. The zero-order chi connectivity index (χ0) is 18.9. The van der Waals surface area contributed by atoms with Crippen LogP contribution in [0.3, 0.4) is 0 Å². The van der Waals surface area contributed by atoms with Crippen molar-refractivity contribution in [3.05, 3.63) is 23.7 Å². The summed E-state index contributed by atoms with van der Waals surface area (Å²) < 4.78 is 27.5. The minimum absolute atomic E-state index is 0.0115. The van der Waals surface area contributed by atoms with Crippen molar-refractivity contribution in [3.63, 3.8) is 0 Å². The number of nitrogens with zero attached hydrogens (tertiary/aromatic N) is 1. The summed E-state index contributed by atoms with van der Waals surface area (Å²) in [6, 6.07) is 1.74. The van der Waals surface area contributed by atoms with Gasteiger partial charge in [-0.1, -0.05) is 0 Å². The molecule has 25 heavy (non-hydrogen) atoms. The van der Waals surface area contributed by atoms with Crippen molar-refractivity contribution in [1.82, 2.24) is 16.0 Å². The summed E-state index contributed by atoms with van der Waals surface area (Å²) >= 11 is 0. The number of carbonyl (C=O) groups excluding carboxylic acids is 1. The number of aliphatic imine (C=N–C) groups is 1. The highest BCUT2D eigenvalue weighted by atomic mass is 32.2. The highest BCUT2D eigenvalue weighted by Crippen LogP contribution is 2.07. The van der Waals surface area contributed by atoms with Crippen LogP contribution in [-0.2, 0) is 9.84 Å². The van der Waals surface area contributed by atoms with E-state index in [1.165, 1.54) is 12.5 Å². The lowest BCUT2D eigenvalue weighted by molar-refractivity contribution is 0.0925. The van der Waals surface area contributed by atoms with E-state index in [-0.39, 0.29) is 17.7 Å². The second-order valence-electron chi connectivity index (χ2n) is 6.01. The Balaban J connectivity index is 2.23. The number of aryl methyl sites for hydroxylation is 1. The van der Waals surface area contributed by atoms with Gasteiger partial charge >= 0.3 is 0 Å². The Morgan fingerprint density at radius 2 is 2.00 bits per heavy atom. The summed E-state index contributed by atoms with van der Waals surface area (Å²) in [5.74, 6) is 0.856. The van der Waals surface area contributed by atoms with Gasteiger partial charge < -0.3 is 20.4 Å². The molecule has 9 heteroatoms. The topological polar surface area (TPSA) is 113 Å². The summed E-state index contributed by atoms with van der Waals surface area (Å²) in [6.45, 7) is 4.85. The number of amides is 1. The minimum Gasteiger partial charge on any atom is -0.459 e. The number of rotatable bonds is 9. The molecule has 0 saturated carbocycles. The summed E-state index contributed by atoms with van der Waals surface area (Å²) in [5.41, 5.74) is 0.809. The van der Waals surface area contributed by atoms with Crippen LogP contribution in [0.15, 0.2) is 21.7 Å². The highest BCUT2D eigenvalue weighted by molar-refractivity contribution is 7.90. The van der Waals surface area contributed by atoms with Crippen LogP contribution in [0.5, 0.6) is 0 Å². The van der Waals surface area contributed by atoms with E-state index in [0.29, 0.717) is 37.7 Å². The Labute approximate surface area is 149 Å². The molecule has 1 unspecified atom stereocenters. The molecule has 0 fully saturated rings. The van der Waals surface area contributed by atoms with Gasteiger partial charge in [-0.25, -0.2) is 8.42 Å². The molecular formula is C16H28N4O4S. The van der Waals surface area contributed by atoms with Crippen molar-refractivity contribution >= 4 is 21.7 Å². The predicted octanol–water partition coefficient (Wildman–Crippen LogP) is 0.696. The van der Waals surface area contributed by atoms with Crippen LogP contribution in [-0.4, -0.2) is 58.5 Å². The highest BCUT2D eigenvalue weighted by Gasteiger charge is 2.12. The van der Waals surface area contributed by atoms with E-state index in [0.717, 1.165) is 5.56 Å². The maximum atomic E-state index is 11.9. The Hall–Kier alpha value is -2.03. The van der Waals surface area contributed by atoms with Gasteiger partial charge in [-0.15, -0.1) is 0 Å². The molecule has 1 rings (SSSR count). The Bertz CT molecular complexity index is 682. The molecule has 0 aliphatic rings. The van der Waals surface area contributed by atoms with E-state index in [1.54, 1.807) is 13.1 Å². The molecule has 8 nitrogen and oxygen atoms in total. The van der Waals surface area contributed by atoms with Gasteiger partial charge in [-0.3, -0.25) is 9.79 Å². The lowest BCUT2D eigenvalue weighted by Gasteiger charge is -2.17. The molecule has 0 spiro atoms. The fraction of sp³-hybridized carbons (Fsp3) is 0.625. The van der Waals surface area contributed by atoms with Crippen LogP contribution in [0, 0.1) is 6.92 Å². The molecule has 0 radical (unpaired) electrons. The largest absolute Gasteiger partial charge is 0.459 e. The molecule has 0 aromatic carbocycles. The Morgan fingerprint density at radius 1 is 1.32 bits per heavy atom. The molecule has 1 amide bonds. The zero-order valence-electron chi connectivity index (χ0n) is 15.3. The SMILES string of the molecule is CN=C(NCCCNC(=O)c1occc1C)NC(C)CCS(C)(=O)=O. The molecule has 1 aromatic heterocycles. The number of nitrogens with one attached hydrogen (secondary N) is 3. The third-order valence-electron chi connectivity index (χ3n) is 3.53. The Kier molecular flexibility index (Phi) is 8.47. The molecule has 0 aliphatic carbocycles. The molecular weight excluding hydrogens is 344 g/mol. The smallest absolute Gasteiger partial charge is 0.287 e. The first kappa shape index (κ1) is 21.0. The molecule has 0 aliphatic heterocycles. The van der Waals surface area contributed by atoms with Crippen molar-refractivity contribution in [2.24, 2.45) is 4.99 Å². The van der Waals surface area contributed by atoms with Crippen LogP contribution >= 0.6 is 0 Å². The van der Waals surface area contributed by atoms with E-state index in [2.05, 4.69) is 20.9 Å². The number of guanidine groups is 1. The minimum atomic E-state index is -2.96. The lowest BCUT2D eigenvalue weighted by Crippen LogP contribution is -2.43. The van der Waals surface area contributed by atoms with Crippen molar-refractivity contribution in [1.29, 1.82) is 0 Å². The number of furan rings is 1. The summed E-state index contributed by atoms with van der Waals surface area (Å²) in [5, 5.41) is 9.07. The zero-order valence-corrected chi connectivity index (χ0v) is 16.1. The van der Waals surface area contributed by atoms with Gasteiger partial charge in [0.25, 0.3) is 5.91 Å². The molecule has 0 saturated heterocycles. The van der Waals surface area contributed by atoms with E-state index in [4.69, 9.17) is 4.42 Å². The number of sulfone groups is 1. The quantitative estimate of drug-likeness (QED) is 0.334. The fourth-order valence-corrected chi connectivity index (χ4v) is 2.86. The second-order valence-corrected chi connectivity index (χ2v) is 8.26. The first-order valence-corrected chi connectivity index (χ1v) is 10.3. The predicted molar refractivity (Wildman–Crippen MR) is 98.7 cm³/mol. The first-order chi connectivity index (χ1) is 11.7. The van der Waals surface area contributed by atoms with Gasteiger partial charge in [-0.05, 0) is 32.8 Å². The Morgan fingerprint density at radius 3 is 2.56 bits per heavy atom. The molecule has 0 bridgehead atoms. The first-order valence-electron chi connectivity index (χ1n) is 8.20. The summed E-state index contributed by atoms with van der Waals surface area (Å²) in [6.07, 6.45) is 3.94. The standard InChI is InChI=1S/C16H28N4O4S/c1-12-6-10-24-14(12)15(21)18-8-5-9-19-16(17-3)20-13(2)7-11-25(4,22)23/h6,10,13H,5,7-9,11H2,1-4H3,(H,18,21)(H2,17,19,20). The van der Waals surface area contributed by atoms with Crippen LogP contribution in [0.1, 0.15) is 35.9 Å². The maximum absolute atomic E-state index is 11.9. The van der Waals surface area contributed by atoms with Gasteiger partial charge in [0.1, 0.15) is 9.84 Å². The number of hydrogen-bond donors (Lipinski definition) is 3. The van der Waals surface area contributed by atoms with Crippen LogP contribution in [0.25, 0.3) is 0 Å². The fourth-order valence-electron chi connectivity index (χ4n) is 2.07. The van der Waals surface area contributed by atoms with Gasteiger partial charge in [0.05, 0.1) is 12.0 Å². The molecule has 3 N–H and O–H groups in total. The van der Waals surface area contributed by atoms with Gasteiger partial charge in [0.15, 0.2) is 11.7 Å². The average Bonchev–Trinajstić information content (AvgIpc) is 2.96. The molecule has 1 aromatic rings. The van der Waals surface area contributed by atoms with Gasteiger partial charge in [-0.2, -0.15) is 0 Å². The van der Waals surface area contributed by atoms with Crippen molar-refractivity contribution < 1.29 is 17.6 Å². The second kappa shape index (κ2) is 10.1. The average molecular weight is 372 g/mol. The van der Waals surface area contributed by atoms with Crippen LogP contribution in [0.4, 0.5) is 0 Å². The third-order valence-corrected chi connectivity index (χ3v) is 4.51. The molecule has 142 valence electrons. The monoisotopic (exact) mass is 372 g/mol. The van der Waals surface area contributed by atoms with Crippen molar-refractivity contribution in [2.75, 3.05) is 32.1 Å². The van der Waals surface area contributed by atoms with Crippen LogP contribution < -0.4 is 16.0 Å². The number of carbonyl (C=O) groups is 1. The van der Waals surface area contributed by atoms with E-state index in [9.17, 15) is 13.2 Å². The molecule has 1 heterocycles. The van der Waals surface area contributed by atoms with E-state index < -0.39 is 9.84 Å². The van der Waals surface area contributed by atoms with Crippen molar-refractivity contribution in [3.8, 4) is 0 Å². The van der Waals surface area contributed by atoms with Gasteiger partial charge in [0.2, 0.25) is 0 Å². The maximum Gasteiger partial charge on any atom is 0.287 e.